The van der Waals surface area contributed by atoms with Crippen molar-refractivity contribution in [2.75, 3.05) is 13.1 Å². The van der Waals surface area contributed by atoms with Gasteiger partial charge in [-0.3, -0.25) is 9.59 Å². The van der Waals surface area contributed by atoms with Gasteiger partial charge in [0.25, 0.3) is 5.91 Å². The first kappa shape index (κ1) is 20.1. The van der Waals surface area contributed by atoms with Crippen LogP contribution >= 0.6 is 0 Å². The quantitative estimate of drug-likeness (QED) is 0.778. The monoisotopic (exact) mass is 382 g/mol. The molecule has 2 aromatic rings. The van der Waals surface area contributed by atoms with Crippen molar-refractivity contribution in [2.24, 2.45) is 0 Å². The lowest BCUT2D eigenvalue weighted by molar-refractivity contribution is -0.122. The van der Waals surface area contributed by atoms with Crippen LogP contribution in [0.2, 0.25) is 0 Å². The number of nitrogens with one attached hydrogen (secondary N) is 1. The average Bonchev–Trinajstić information content (AvgIpc) is 2.71. The minimum absolute atomic E-state index is 0.0380. The molecule has 0 saturated carbocycles. The van der Waals surface area contributed by atoms with E-state index in [-0.39, 0.29) is 24.3 Å². The summed E-state index contributed by atoms with van der Waals surface area (Å²) < 4.78 is 13.4. The van der Waals surface area contributed by atoms with Gasteiger partial charge in [-0.15, -0.1) is 0 Å². The maximum Gasteiger partial charge on any atom is 0.253 e. The van der Waals surface area contributed by atoms with E-state index in [1.807, 2.05) is 19.1 Å². The second-order valence-corrected chi connectivity index (χ2v) is 7.26. The molecule has 0 radical (unpaired) electrons. The summed E-state index contributed by atoms with van der Waals surface area (Å²) in [6.07, 6.45) is 4.05. The second-order valence-electron chi connectivity index (χ2n) is 7.26. The zero-order valence-electron chi connectivity index (χ0n) is 16.3. The summed E-state index contributed by atoms with van der Waals surface area (Å²) in [5.74, 6) is -0.733. The van der Waals surface area contributed by atoms with Crippen LogP contribution in [0.4, 0.5) is 4.39 Å². The molecule has 5 heteroatoms. The summed E-state index contributed by atoms with van der Waals surface area (Å²) in [4.78, 5) is 26.8. The van der Waals surface area contributed by atoms with Gasteiger partial charge in [0.15, 0.2) is 0 Å². The molecule has 0 aliphatic heterocycles. The summed E-state index contributed by atoms with van der Waals surface area (Å²) in [5, 5.41) is 3.12. The first-order valence-corrected chi connectivity index (χ1v) is 10.0. The van der Waals surface area contributed by atoms with Gasteiger partial charge in [0, 0.05) is 25.1 Å². The Bertz CT molecular complexity index is 837. The summed E-state index contributed by atoms with van der Waals surface area (Å²) >= 11 is 0. The normalized spacial score (nSPS) is 15.6. The number of fused-ring (bicyclic) bond motifs is 1. The number of benzene rings is 2. The number of aryl methyl sites for hydroxylation is 1. The zero-order valence-corrected chi connectivity index (χ0v) is 16.3. The van der Waals surface area contributed by atoms with Crippen LogP contribution in [-0.2, 0) is 11.2 Å². The van der Waals surface area contributed by atoms with E-state index < -0.39 is 5.82 Å². The fraction of sp³-hybridized carbons (Fsp3) is 0.391. The number of carbonyl (C=O) groups is 2. The molecule has 2 aromatic carbocycles. The molecule has 148 valence electrons. The predicted molar refractivity (Wildman–Crippen MR) is 107 cm³/mol. The first-order valence-electron chi connectivity index (χ1n) is 10.0. The molecule has 4 nitrogen and oxygen atoms in total. The van der Waals surface area contributed by atoms with Crippen LogP contribution in [0.15, 0.2) is 48.5 Å². The van der Waals surface area contributed by atoms with Crippen LogP contribution < -0.4 is 5.32 Å². The van der Waals surface area contributed by atoms with Gasteiger partial charge in [-0.2, -0.15) is 0 Å². The standard InChI is InChI=1S/C23H27FN2O2/c1-2-14-26(23(28)18-9-5-10-19(24)16-18)15-13-22(27)25-21-12-6-8-17-7-3-4-11-20(17)21/h3-5,7,9-11,16,21H,2,6,8,12-15H2,1H3,(H,25,27). The molecule has 0 bridgehead atoms. The molecule has 0 heterocycles. The molecular formula is C23H27FN2O2. The van der Waals surface area contributed by atoms with Crippen LogP contribution in [0.5, 0.6) is 0 Å². The van der Waals surface area contributed by atoms with Gasteiger partial charge in [0.1, 0.15) is 5.82 Å². The fourth-order valence-corrected chi connectivity index (χ4v) is 3.80. The van der Waals surface area contributed by atoms with Gasteiger partial charge < -0.3 is 10.2 Å². The van der Waals surface area contributed by atoms with Crippen molar-refractivity contribution in [3.05, 3.63) is 71.0 Å². The Kier molecular flexibility index (Phi) is 6.80. The lowest BCUT2D eigenvalue weighted by Crippen LogP contribution is -2.37. The Morgan fingerprint density at radius 3 is 2.75 bits per heavy atom. The highest BCUT2D eigenvalue weighted by atomic mass is 19.1. The van der Waals surface area contributed by atoms with E-state index in [0.717, 1.165) is 25.7 Å². The molecule has 1 atom stereocenters. The van der Waals surface area contributed by atoms with E-state index in [4.69, 9.17) is 0 Å². The van der Waals surface area contributed by atoms with Crippen molar-refractivity contribution in [2.45, 2.75) is 45.1 Å². The smallest absolute Gasteiger partial charge is 0.253 e. The van der Waals surface area contributed by atoms with Crippen LogP contribution in [0.25, 0.3) is 0 Å². The summed E-state index contributed by atoms with van der Waals surface area (Å²) in [6.45, 7) is 2.84. The van der Waals surface area contributed by atoms with Gasteiger partial charge in [0.05, 0.1) is 6.04 Å². The molecule has 1 N–H and O–H groups in total. The van der Waals surface area contributed by atoms with Gasteiger partial charge >= 0.3 is 0 Å². The van der Waals surface area contributed by atoms with Crippen molar-refractivity contribution in [3.63, 3.8) is 0 Å². The molecule has 0 fully saturated rings. The lowest BCUT2D eigenvalue weighted by atomic mass is 9.87. The number of amides is 2. The van der Waals surface area contributed by atoms with Crippen molar-refractivity contribution in [3.8, 4) is 0 Å². The molecule has 0 aromatic heterocycles. The third-order valence-corrected chi connectivity index (χ3v) is 5.17. The van der Waals surface area contributed by atoms with Crippen LogP contribution in [0, 0.1) is 5.82 Å². The van der Waals surface area contributed by atoms with Gasteiger partial charge in [-0.1, -0.05) is 37.3 Å². The van der Waals surface area contributed by atoms with Gasteiger partial charge in [-0.25, -0.2) is 4.39 Å². The fourth-order valence-electron chi connectivity index (χ4n) is 3.80. The molecule has 2 amide bonds. The van der Waals surface area contributed by atoms with Crippen molar-refractivity contribution >= 4 is 11.8 Å². The summed E-state index contributed by atoms with van der Waals surface area (Å²) in [5.41, 5.74) is 2.81. The molecule has 28 heavy (non-hydrogen) atoms. The number of carbonyl (C=O) groups excluding carboxylic acids is 2. The maximum absolute atomic E-state index is 13.4. The predicted octanol–water partition coefficient (Wildman–Crippen LogP) is 4.26. The van der Waals surface area contributed by atoms with Gasteiger partial charge in [0.2, 0.25) is 5.91 Å². The number of rotatable bonds is 7. The van der Waals surface area contributed by atoms with Gasteiger partial charge in [-0.05, 0) is 55.0 Å². The SMILES string of the molecule is CCCN(CCC(=O)NC1CCCc2ccccc21)C(=O)c1cccc(F)c1. The first-order chi connectivity index (χ1) is 13.6. The summed E-state index contributed by atoms with van der Waals surface area (Å²) in [6, 6.07) is 14.0. The minimum atomic E-state index is -0.434. The van der Waals surface area contributed by atoms with E-state index in [2.05, 4.69) is 17.4 Å². The average molecular weight is 382 g/mol. The Labute approximate surface area is 165 Å². The largest absolute Gasteiger partial charge is 0.349 e. The highest BCUT2D eigenvalue weighted by molar-refractivity contribution is 5.94. The van der Waals surface area contributed by atoms with Crippen molar-refractivity contribution in [1.82, 2.24) is 10.2 Å². The second kappa shape index (κ2) is 9.49. The van der Waals surface area contributed by atoms with E-state index in [1.165, 1.54) is 29.3 Å². The molecule has 3 rings (SSSR count). The Morgan fingerprint density at radius 2 is 1.96 bits per heavy atom. The van der Waals surface area contributed by atoms with Crippen molar-refractivity contribution < 1.29 is 14.0 Å². The van der Waals surface area contributed by atoms with E-state index in [1.54, 1.807) is 11.0 Å². The van der Waals surface area contributed by atoms with Crippen LogP contribution in [-0.4, -0.2) is 29.8 Å². The zero-order chi connectivity index (χ0) is 19.9. The Hall–Kier alpha value is -2.69. The van der Waals surface area contributed by atoms with Crippen molar-refractivity contribution in [1.29, 1.82) is 0 Å². The molecule has 0 spiro atoms. The molecular weight excluding hydrogens is 355 g/mol. The highest BCUT2D eigenvalue weighted by Gasteiger charge is 2.22. The number of hydrogen-bond donors (Lipinski definition) is 1. The number of halogens is 1. The third-order valence-electron chi connectivity index (χ3n) is 5.17. The number of hydrogen-bond acceptors (Lipinski definition) is 2. The minimum Gasteiger partial charge on any atom is -0.349 e. The Morgan fingerprint density at radius 1 is 1.14 bits per heavy atom. The lowest BCUT2D eigenvalue weighted by Gasteiger charge is -2.27. The van der Waals surface area contributed by atoms with E-state index >= 15 is 0 Å². The maximum atomic E-state index is 13.4. The summed E-state index contributed by atoms with van der Waals surface area (Å²) in [7, 11) is 0. The molecule has 0 saturated heterocycles. The molecule has 1 aliphatic rings. The topological polar surface area (TPSA) is 49.4 Å². The van der Waals surface area contributed by atoms with E-state index in [9.17, 15) is 14.0 Å². The molecule has 1 aliphatic carbocycles. The number of nitrogens with zero attached hydrogens (tertiary/aromatic N) is 1. The van der Waals surface area contributed by atoms with E-state index in [0.29, 0.717) is 18.7 Å². The third kappa shape index (κ3) is 4.97. The Balaban J connectivity index is 1.59. The molecule has 1 unspecified atom stereocenters. The highest BCUT2D eigenvalue weighted by Crippen LogP contribution is 2.29. The van der Waals surface area contributed by atoms with Crippen LogP contribution in [0.3, 0.4) is 0 Å². The van der Waals surface area contributed by atoms with Crippen LogP contribution in [0.1, 0.15) is 60.1 Å².